The lowest BCUT2D eigenvalue weighted by Gasteiger charge is -2.34. The average molecular weight is 317 g/mol. The number of halogens is 2. The van der Waals surface area contributed by atoms with Crippen LogP contribution in [0.5, 0.6) is 0 Å². The second-order valence-electron chi connectivity index (χ2n) is 6.17. The molecule has 1 atom stereocenters. The molecule has 0 aliphatic rings. The van der Waals surface area contributed by atoms with Gasteiger partial charge in [0.2, 0.25) is 0 Å². The fourth-order valence-electron chi connectivity index (χ4n) is 2.48. The second kappa shape index (κ2) is 8.23. The first-order valence-electron chi connectivity index (χ1n) is 7.24. The summed E-state index contributed by atoms with van der Waals surface area (Å²) in [6, 6.07) is 6.01. The highest BCUT2D eigenvalue weighted by molar-refractivity contribution is 6.42. The molecule has 1 rings (SSSR count). The van der Waals surface area contributed by atoms with E-state index in [0.29, 0.717) is 28.4 Å². The van der Waals surface area contributed by atoms with Gasteiger partial charge in [-0.25, -0.2) is 0 Å². The first kappa shape index (κ1) is 17.8. The van der Waals surface area contributed by atoms with Gasteiger partial charge in [0.15, 0.2) is 0 Å². The van der Waals surface area contributed by atoms with Crippen LogP contribution in [0.4, 0.5) is 0 Å². The maximum atomic E-state index is 6.14. The number of benzene rings is 1. The summed E-state index contributed by atoms with van der Waals surface area (Å²) in [5.41, 5.74) is 7.17. The third-order valence-electron chi connectivity index (χ3n) is 3.19. The molecule has 0 saturated heterocycles. The molecular formula is C16H26Cl2N2. The number of hydrogen-bond donors (Lipinski definition) is 1. The molecule has 0 spiro atoms. The standard InChI is InChI=1S/C16H26Cl2N2/c1-11(2)9-20(10-12(3)4)16(8-19)13-5-6-14(17)15(18)7-13/h5-7,11-12,16H,8-10,19H2,1-4H3. The van der Waals surface area contributed by atoms with Crippen molar-refractivity contribution >= 4 is 23.2 Å². The molecule has 2 nitrogen and oxygen atoms in total. The normalized spacial score (nSPS) is 13.5. The largest absolute Gasteiger partial charge is 0.329 e. The van der Waals surface area contributed by atoms with Crippen molar-refractivity contribution in [3.63, 3.8) is 0 Å². The third-order valence-corrected chi connectivity index (χ3v) is 3.93. The number of hydrogen-bond acceptors (Lipinski definition) is 2. The second-order valence-corrected chi connectivity index (χ2v) is 6.98. The third kappa shape index (κ3) is 5.25. The molecule has 20 heavy (non-hydrogen) atoms. The molecule has 1 unspecified atom stereocenters. The van der Waals surface area contributed by atoms with Gasteiger partial charge in [0.05, 0.1) is 10.0 Å². The maximum Gasteiger partial charge on any atom is 0.0595 e. The zero-order valence-corrected chi connectivity index (χ0v) is 14.4. The summed E-state index contributed by atoms with van der Waals surface area (Å²) in [5.74, 6) is 1.20. The molecule has 0 amide bonds. The van der Waals surface area contributed by atoms with Gasteiger partial charge in [0, 0.05) is 25.7 Å². The highest BCUT2D eigenvalue weighted by Crippen LogP contribution is 2.28. The van der Waals surface area contributed by atoms with Gasteiger partial charge in [0.25, 0.3) is 0 Å². The Morgan fingerprint density at radius 3 is 1.95 bits per heavy atom. The first-order chi connectivity index (χ1) is 9.35. The Hall–Kier alpha value is -0.280. The van der Waals surface area contributed by atoms with Gasteiger partial charge in [0.1, 0.15) is 0 Å². The highest BCUT2D eigenvalue weighted by atomic mass is 35.5. The summed E-state index contributed by atoms with van der Waals surface area (Å²) in [6.45, 7) is 11.6. The van der Waals surface area contributed by atoms with Crippen molar-refractivity contribution in [3.8, 4) is 0 Å². The van der Waals surface area contributed by atoms with Crippen LogP contribution < -0.4 is 5.73 Å². The van der Waals surface area contributed by atoms with Crippen molar-refractivity contribution in [2.75, 3.05) is 19.6 Å². The predicted molar refractivity (Wildman–Crippen MR) is 89.5 cm³/mol. The molecule has 0 fully saturated rings. The first-order valence-corrected chi connectivity index (χ1v) is 7.99. The Morgan fingerprint density at radius 1 is 1.00 bits per heavy atom. The number of nitrogens with zero attached hydrogens (tertiary/aromatic N) is 1. The van der Waals surface area contributed by atoms with Crippen LogP contribution in [-0.2, 0) is 0 Å². The topological polar surface area (TPSA) is 29.3 Å². The van der Waals surface area contributed by atoms with Crippen LogP contribution in [0, 0.1) is 11.8 Å². The van der Waals surface area contributed by atoms with Crippen molar-refractivity contribution in [2.24, 2.45) is 17.6 Å². The molecule has 0 bridgehead atoms. The van der Waals surface area contributed by atoms with E-state index >= 15 is 0 Å². The zero-order valence-electron chi connectivity index (χ0n) is 12.9. The zero-order chi connectivity index (χ0) is 15.3. The Bertz CT molecular complexity index is 409. The van der Waals surface area contributed by atoms with Crippen molar-refractivity contribution in [1.82, 2.24) is 4.90 Å². The molecule has 0 aliphatic heterocycles. The molecule has 114 valence electrons. The Balaban J connectivity index is 3.01. The molecule has 0 heterocycles. The van der Waals surface area contributed by atoms with Crippen LogP contribution in [0.1, 0.15) is 39.3 Å². The van der Waals surface area contributed by atoms with Gasteiger partial charge in [-0.15, -0.1) is 0 Å². The van der Waals surface area contributed by atoms with Crippen LogP contribution in [0.2, 0.25) is 10.0 Å². The van der Waals surface area contributed by atoms with E-state index < -0.39 is 0 Å². The van der Waals surface area contributed by atoms with Gasteiger partial charge in [-0.2, -0.15) is 0 Å². The number of rotatable bonds is 7. The Kier molecular flexibility index (Phi) is 7.32. The van der Waals surface area contributed by atoms with Gasteiger partial charge in [-0.1, -0.05) is 57.0 Å². The Morgan fingerprint density at radius 2 is 1.55 bits per heavy atom. The van der Waals surface area contributed by atoms with E-state index in [1.807, 2.05) is 18.2 Å². The van der Waals surface area contributed by atoms with Crippen molar-refractivity contribution in [3.05, 3.63) is 33.8 Å². The van der Waals surface area contributed by atoms with Crippen LogP contribution in [0.15, 0.2) is 18.2 Å². The smallest absolute Gasteiger partial charge is 0.0595 e. The van der Waals surface area contributed by atoms with Crippen LogP contribution in [0.25, 0.3) is 0 Å². The molecule has 0 aromatic heterocycles. The molecule has 0 saturated carbocycles. The van der Waals surface area contributed by atoms with Crippen molar-refractivity contribution in [2.45, 2.75) is 33.7 Å². The molecular weight excluding hydrogens is 291 g/mol. The molecule has 1 aromatic rings. The van der Waals surface area contributed by atoms with Crippen LogP contribution >= 0.6 is 23.2 Å². The van der Waals surface area contributed by atoms with E-state index in [1.165, 1.54) is 0 Å². The summed E-state index contributed by atoms with van der Waals surface area (Å²) in [4.78, 5) is 2.45. The van der Waals surface area contributed by atoms with E-state index in [9.17, 15) is 0 Å². The molecule has 2 N–H and O–H groups in total. The van der Waals surface area contributed by atoms with Crippen LogP contribution in [0.3, 0.4) is 0 Å². The SMILES string of the molecule is CC(C)CN(CC(C)C)C(CN)c1ccc(Cl)c(Cl)c1. The fourth-order valence-corrected chi connectivity index (χ4v) is 2.79. The predicted octanol–water partition coefficient (Wildman–Crippen LogP) is 4.61. The summed E-state index contributed by atoms with van der Waals surface area (Å²) < 4.78 is 0. The van der Waals surface area contributed by atoms with Gasteiger partial charge < -0.3 is 5.73 Å². The Labute approximate surface area is 133 Å². The minimum Gasteiger partial charge on any atom is -0.329 e. The molecule has 1 aromatic carbocycles. The van der Waals surface area contributed by atoms with E-state index in [-0.39, 0.29) is 6.04 Å². The monoisotopic (exact) mass is 316 g/mol. The van der Waals surface area contributed by atoms with E-state index in [4.69, 9.17) is 28.9 Å². The average Bonchev–Trinajstić information content (AvgIpc) is 2.33. The maximum absolute atomic E-state index is 6.14. The summed E-state index contributed by atoms with van der Waals surface area (Å²) >= 11 is 12.1. The lowest BCUT2D eigenvalue weighted by molar-refractivity contribution is 0.160. The van der Waals surface area contributed by atoms with Gasteiger partial charge in [-0.05, 0) is 29.5 Å². The molecule has 0 aliphatic carbocycles. The minimum absolute atomic E-state index is 0.189. The van der Waals surface area contributed by atoms with Crippen LogP contribution in [-0.4, -0.2) is 24.5 Å². The van der Waals surface area contributed by atoms with Crippen molar-refractivity contribution < 1.29 is 0 Å². The van der Waals surface area contributed by atoms with E-state index in [0.717, 1.165) is 18.7 Å². The van der Waals surface area contributed by atoms with Crippen molar-refractivity contribution in [1.29, 1.82) is 0 Å². The van der Waals surface area contributed by atoms with E-state index in [1.54, 1.807) is 0 Å². The summed E-state index contributed by atoms with van der Waals surface area (Å²) in [5, 5.41) is 1.18. The van der Waals surface area contributed by atoms with Gasteiger partial charge >= 0.3 is 0 Å². The number of nitrogens with two attached hydrogens (primary N) is 1. The van der Waals surface area contributed by atoms with E-state index in [2.05, 4.69) is 32.6 Å². The minimum atomic E-state index is 0.189. The highest BCUT2D eigenvalue weighted by Gasteiger charge is 2.21. The lowest BCUT2D eigenvalue weighted by Crippen LogP contribution is -2.38. The van der Waals surface area contributed by atoms with Gasteiger partial charge in [-0.3, -0.25) is 4.90 Å². The lowest BCUT2D eigenvalue weighted by atomic mass is 10.0. The molecule has 0 radical (unpaired) electrons. The summed E-state index contributed by atoms with van der Waals surface area (Å²) in [7, 11) is 0. The quantitative estimate of drug-likeness (QED) is 0.796. The molecule has 4 heteroatoms. The summed E-state index contributed by atoms with van der Waals surface area (Å²) in [6.07, 6.45) is 0. The fraction of sp³-hybridized carbons (Fsp3) is 0.625.